The van der Waals surface area contributed by atoms with Gasteiger partial charge in [-0.1, -0.05) is 27.7 Å². The van der Waals surface area contributed by atoms with Gasteiger partial charge in [0.05, 0.1) is 23.3 Å². The van der Waals surface area contributed by atoms with Crippen molar-refractivity contribution in [3.63, 3.8) is 0 Å². The first-order valence-electron chi connectivity index (χ1n) is 8.85. The number of aromatic nitrogens is 1. The van der Waals surface area contributed by atoms with E-state index in [1.54, 1.807) is 32.2 Å². The molecule has 0 aliphatic rings. The van der Waals surface area contributed by atoms with E-state index in [0.717, 1.165) is 10.7 Å². The largest absolute Gasteiger partial charge is 0.356 e. The van der Waals surface area contributed by atoms with E-state index >= 15 is 0 Å². The van der Waals surface area contributed by atoms with Crippen LogP contribution in [-0.4, -0.2) is 47.2 Å². The van der Waals surface area contributed by atoms with Gasteiger partial charge >= 0.3 is 6.03 Å². The second-order valence-electron chi connectivity index (χ2n) is 7.02. The van der Waals surface area contributed by atoms with Gasteiger partial charge in [-0.2, -0.15) is 0 Å². The molecule has 3 amide bonds. The van der Waals surface area contributed by atoms with Gasteiger partial charge in [0.2, 0.25) is 5.91 Å². The van der Waals surface area contributed by atoms with Crippen LogP contribution < -0.4 is 10.6 Å². The fourth-order valence-electron chi connectivity index (χ4n) is 2.31. The lowest BCUT2D eigenvalue weighted by molar-refractivity contribution is -0.124. The molecule has 0 bridgehead atoms. The highest BCUT2D eigenvalue weighted by atomic mass is 32.1. The molecule has 1 rings (SSSR count). The van der Waals surface area contributed by atoms with E-state index in [9.17, 15) is 14.4 Å². The molecule has 1 aromatic rings. The van der Waals surface area contributed by atoms with Crippen molar-refractivity contribution < 1.29 is 14.4 Å². The number of Topliss-reactive ketones (excluding diaryl/α,β-unsaturated/α-hetero) is 1. The van der Waals surface area contributed by atoms with Crippen LogP contribution in [0.4, 0.5) is 4.79 Å². The second-order valence-corrected chi connectivity index (χ2v) is 7.91. The number of amides is 3. The molecule has 0 radical (unpaired) electrons. The summed E-state index contributed by atoms with van der Waals surface area (Å²) >= 11 is 1.58. The van der Waals surface area contributed by atoms with E-state index < -0.39 is 6.04 Å². The lowest BCUT2D eigenvalue weighted by Gasteiger charge is -2.23. The smallest absolute Gasteiger partial charge is 0.318 e. The molecule has 1 unspecified atom stereocenters. The molecule has 2 N–H and O–H groups in total. The summed E-state index contributed by atoms with van der Waals surface area (Å²) in [4.78, 5) is 41.9. The number of ketones is 1. The third-order valence-corrected chi connectivity index (χ3v) is 5.02. The standard InChI is InChI=1S/C18H30N4O3S/c1-11(2)16(24)15(7-8-19-13(5)23)21-18(25)22(6)9-14-10-26-17(20-14)12(3)4/h10-12,15H,7-9H2,1-6H3,(H,19,23)(H,21,25). The third kappa shape index (κ3) is 7.11. The Morgan fingerprint density at radius 1 is 1.23 bits per heavy atom. The summed E-state index contributed by atoms with van der Waals surface area (Å²) in [5, 5.41) is 8.43. The number of urea groups is 1. The van der Waals surface area contributed by atoms with E-state index in [1.165, 1.54) is 11.8 Å². The van der Waals surface area contributed by atoms with Crippen LogP contribution in [-0.2, 0) is 16.1 Å². The van der Waals surface area contributed by atoms with Crippen LogP contribution in [0.1, 0.15) is 57.7 Å². The first-order valence-corrected chi connectivity index (χ1v) is 9.73. The molecule has 1 atom stereocenters. The lowest BCUT2D eigenvalue weighted by atomic mass is 9.99. The molecule has 0 aliphatic heterocycles. The molecule has 0 spiro atoms. The monoisotopic (exact) mass is 382 g/mol. The van der Waals surface area contributed by atoms with E-state index in [1.807, 2.05) is 5.38 Å². The number of thiazole rings is 1. The zero-order valence-corrected chi connectivity index (χ0v) is 17.3. The first-order chi connectivity index (χ1) is 12.1. The normalized spacial score (nSPS) is 12.2. The van der Waals surface area contributed by atoms with Crippen molar-refractivity contribution in [3.8, 4) is 0 Å². The molecular formula is C18H30N4O3S. The molecule has 0 saturated heterocycles. The second kappa shape index (κ2) is 10.3. The lowest BCUT2D eigenvalue weighted by Crippen LogP contribution is -2.48. The van der Waals surface area contributed by atoms with Crippen LogP contribution in [0.2, 0.25) is 0 Å². The molecule has 8 heteroatoms. The summed E-state index contributed by atoms with van der Waals surface area (Å²) < 4.78 is 0. The topological polar surface area (TPSA) is 91.4 Å². The molecule has 0 fully saturated rings. The Labute approximate surface area is 159 Å². The Bertz CT molecular complexity index is 628. The Balaban J connectivity index is 2.67. The molecule has 0 aromatic carbocycles. The summed E-state index contributed by atoms with van der Waals surface area (Å²) in [5.41, 5.74) is 0.835. The van der Waals surface area contributed by atoms with Gasteiger partial charge in [0.25, 0.3) is 0 Å². The highest BCUT2D eigenvalue weighted by Gasteiger charge is 2.24. The van der Waals surface area contributed by atoms with Crippen molar-refractivity contribution in [3.05, 3.63) is 16.1 Å². The molecular weight excluding hydrogens is 352 g/mol. The van der Waals surface area contributed by atoms with Crippen LogP contribution in [0.3, 0.4) is 0 Å². The highest BCUT2D eigenvalue weighted by molar-refractivity contribution is 7.09. The van der Waals surface area contributed by atoms with Gasteiger partial charge in [-0.3, -0.25) is 9.59 Å². The Morgan fingerprint density at radius 3 is 2.38 bits per heavy atom. The molecule has 26 heavy (non-hydrogen) atoms. The molecule has 0 saturated carbocycles. The van der Waals surface area contributed by atoms with Gasteiger partial charge in [-0.05, 0) is 6.42 Å². The number of hydrogen-bond acceptors (Lipinski definition) is 5. The summed E-state index contributed by atoms with van der Waals surface area (Å²) in [6.07, 6.45) is 0.365. The minimum atomic E-state index is -0.626. The molecule has 146 valence electrons. The highest BCUT2D eigenvalue weighted by Crippen LogP contribution is 2.19. The third-order valence-electron chi connectivity index (χ3n) is 3.83. The molecule has 0 aliphatic carbocycles. The van der Waals surface area contributed by atoms with Crippen LogP contribution in [0.15, 0.2) is 5.38 Å². The van der Waals surface area contributed by atoms with Gasteiger partial charge in [0.1, 0.15) is 0 Å². The average molecular weight is 383 g/mol. The maximum Gasteiger partial charge on any atom is 0.318 e. The zero-order chi connectivity index (χ0) is 19.9. The Kier molecular flexibility index (Phi) is 8.71. The Morgan fingerprint density at radius 2 is 1.88 bits per heavy atom. The van der Waals surface area contributed by atoms with Crippen LogP contribution in [0.25, 0.3) is 0 Å². The maximum absolute atomic E-state index is 12.5. The van der Waals surface area contributed by atoms with Crippen molar-refractivity contribution in [2.24, 2.45) is 5.92 Å². The van der Waals surface area contributed by atoms with Crippen LogP contribution in [0, 0.1) is 5.92 Å². The van der Waals surface area contributed by atoms with Crippen LogP contribution in [0.5, 0.6) is 0 Å². The zero-order valence-electron chi connectivity index (χ0n) is 16.5. The molecule has 1 aromatic heterocycles. The summed E-state index contributed by atoms with van der Waals surface area (Å²) in [6.45, 7) is 9.89. The maximum atomic E-state index is 12.5. The minimum Gasteiger partial charge on any atom is -0.356 e. The van der Waals surface area contributed by atoms with Crippen molar-refractivity contribution in [2.75, 3.05) is 13.6 Å². The van der Waals surface area contributed by atoms with E-state index in [4.69, 9.17) is 0 Å². The number of carbonyl (C=O) groups excluding carboxylic acids is 3. The predicted octanol–water partition coefficient (Wildman–Crippen LogP) is 2.53. The number of hydrogen-bond donors (Lipinski definition) is 2. The van der Waals surface area contributed by atoms with Crippen LogP contribution >= 0.6 is 11.3 Å². The minimum absolute atomic E-state index is 0.0483. The van der Waals surface area contributed by atoms with Gasteiger partial charge in [-0.15, -0.1) is 11.3 Å². The number of carbonyl (C=O) groups is 3. The van der Waals surface area contributed by atoms with Crippen molar-refractivity contribution in [2.45, 2.75) is 59.5 Å². The quantitative estimate of drug-likeness (QED) is 0.686. The predicted molar refractivity (Wildman–Crippen MR) is 103 cm³/mol. The van der Waals surface area contributed by atoms with Crippen molar-refractivity contribution >= 4 is 29.1 Å². The SMILES string of the molecule is CC(=O)NCCC(NC(=O)N(C)Cc1csc(C(C)C)n1)C(=O)C(C)C. The Hall–Kier alpha value is -1.96. The molecule has 7 nitrogen and oxygen atoms in total. The fraction of sp³-hybridized carbons (Fsp3) is 0.667. The van der Waals surface area contributed by atoms with E-state index in [0.29, 0.717) is 25.4 Å². The number of nitrogens with one attached hydrogen (secondary N) is 2. The van der Waals surface area contributed by atoms with E-state index in [2.05, 4.69) is 29.5 Å². The molecule has 1 heterocycles. The van der Waals surface area contributed by atoms with Gasteiger partial charge in [-0.25, -0.2) is 9.78 Å². The fourth-order valence-corrected chi connectivity index (χ4v) is 3.14. The van der Waals surface area contributed by atoms with E-state index in [-0.39, 0.29) is 23.6 Å². The van der Waals surface area contributed by atoms with Crippen molar-refractivity contribution in [1.29, 1.82) is 0 Å². The summed E-state index contributed by atoms with van der Waals surface area (Å²) in [5.74, 6) is -0.0497. The summed E-state index contributed by atoms with van der Waals surface area (Å²) in [6, 6.07) is -0.954. The number of rotatable bonds is 9. The van der Waals surface area contributed by atoms with Gasteiger partial charge < -0.3 is 15.5 Å². The van der Waals surface area contributed by atoms with Gasteiger partial charge in [0, 0.05) is 37.7 Å². The summed E-state index contributed by atoms with van der Waals surface area (Å²) in [7, 11) is 1.68. The van der Waals surface area contributed by atoms with Crippen molar-refractivity contribution in [1.82, 2.24) is 20.5 Å². The van der Waals surface area contributed by atoms with Gasteiger partial charge in [0.15, 0.2) is 5.78 Å². The first kappa shape index (κ1) is 22.1. The number of nitrogens with zero attached hydrogens (tertiary/aromatic N) is 2. The average Bonchev–Trinajstić information content (AvgIpc) is 3.01.